The van der Waals surface area contributed by atoms with Gasteiger partial charge >= 0.3 is 5.97 Å². The molecule has 0 bridgehead atoms. The molecule has 0 saturated carbocycles. The van der Waals surface area contributed by atoms with Crippen molar-refractivity contribution in [1.82, 2.24) is 15.2 Å². The number of carbonyl (C=O) groups excluding carboxylic acids is 1. The minimum absolute atomic E-state index is 0.0275. The van der Waals surface area contributed by atoms with E-state index in [9.17, 15) is 9.59 Å². The third-order valence-corrected chi connectivity index (χ3v) is 3.96. The molecular formula is C15H21N3O3. The van der Waals surface area contributed by atoms with E-state index in [2.05, 4.69) is 10.3 Å². The first kappa shape index (κ1) is 15.4. The van der Waals surface area contributed by atoms with Gasteiger partial charge < -0.3 is 15.3 Å². The first-order valence-corrected chi connectivity index (χ1v) is 7.22. The number of carboxylic acids is 1. The number of carbonyl (C=O) groups is 2. The predicted octanol–water partition coefficient (Wildman–Crippen LogP) is 1.06. The maximum atomic E-state index is 12.1. The summed E-state index contributed by atoms with van der Waals surface area (Å²) >= 11 is 0. The summed E-state index contributed by atoms with van der Waals surface area (Å²) < 4.78 is 0. The molecule has 1 aliphatic heterocycles. The first-order chi connectivity index (χ1) is 10.1. The van der Waals surface area contributed by atoms with Gasteiger partial charge in [-0.1, -0.05) is 0 Å². The lowest BCUT2D eigenvalue weighted by molar-refractivity contribution is -0.145. The van der Waals surface area contributed by atoms with Crippen molar-refractivity contribution in [3.63, 3.8) is 0 Å². The molecule has 0 unspecified atom stereocenters. The Hall–Kier alpha value is -1.95. The van der Waals surface area contributed by atoms with E-state index in [1.165, 1.54) is 0 Å². The molecule has 0 aliphatic carbocycles. The van der Waals surface area contributed by atoms with Crippen LogP contribution in [-0.2, 0) is 9.59 Å². The van der Waals surface area contributed by atoms with Gasteiger partial charge in [-0.15, -0.1) is 0 Å². The fourth-order valence-corrected chi connectivity index (χ4v) is 2.50. The topological polar surface area (TPSA) is 82.5 Å². The Kier molecular flexibility index (Phi) is 5.27. The highest BCUT2D eigenvalue weighted by molar-refractivity contribution is 5.79. The second-order valence-electron chi connectivity index (χ2n) is 5.38. The minimum Gasteiger partial charge on any atom is -0.481 e. The largest absolute Gasteiger partial charge is 0.481 e. The molecule has 0 aromatic carbocycles. The van der Waals surface area contributed by atoms with Gasteiger partial charge in [0.25, 0.3) is 0 Å². The average molecular weight is 291 g/mol. The van der Waals surface area contributed by atoms with Crippen LogP contribution in [0.1, 0.15) is 31.4 Å². The predicted molar refractivity (Wildman–Crippen MR) is 77.6 cm³/mol. The fraction of sp³-hybridized carbons (Fsp3) is 0.533. The van der Waals surface area contributed by atoms with E-state index in [-0.39, 0.29) is 24.4 Å². The molecule has 0 radical (unpaired) electrons. The number of nitrogens with zero attached hydrogens (tertiary/aromatic N) is 2. The van der Waals surface area contributed by atoms with Crippen molar-refractivity contribution in [3.05, 3.63) is 30.1 Å². The molecule has 0 spiro atoms. The molecular weight excluding hydrogens is 270 g/mol. The van der Waals surface area contributed by atoms with Gasteiger partial charge in [0, 0.05) is 31.5 Å². The molecule has 2 rings (SSSR count). The normalized spacial score (nSPS) is 17.5. The van der Waals surface area contributed by atoms with Crippen LogP contribution in [0.25, 0.3) is 0 Å². The third kappa shape index (κ3) is 4.26. The Morgan fingerprint density at radius 2 is 2.00 bits per heavy atom. The van der Waals surface area contributed by atoms with Crippen LogP contribution in [0.2, 0.25) is 0 Å². The summed E-state index contributed by atoms with van der Waals surface area (Å²) in [5.41, 5.74) is 1.09. The summed E-state index contributed by atoms with van der Waals surface area (Å²) in [7, 11) is 0. The zero-order valence-electron chi connectivity index (χ0n) is 12.2. The van der Waals surface area contributed by atoms with Crippen molar-refractivity contribution < 1.29 is 14.7 Å². The van der Waals surface area contributed by atoms with E-state index >= 15 is 0 Å². The number of carboxylic acid groups (broad SMARTS) is 1. The monoisotopic (exact) mass is 291 g/mol. The first-order valence-electron chi connectivity index (χ1n) is 7.22. The molecule has 2 N–H and O–H groups in total. The zero-order chi connectivity index (χ0) is 15.2. The summed E-state index contributed by atoms with van der Waals surface area (Å²) in [6.07, 6.45) is 4.54. The number of nitrogens with one attached hydrogen (secondary N) is 1. The molecule has 1 aliphatic rings. The summed E-state index contributed by atoms with van der Waals surface area (Å²) in [6.45, 7) is 3.32. The maximum Gasteiger partial charge on any atom is 0.306 e. The van der Waals surface area contributed by atoms with Crippen LogP contribution in [-0.4, -0.2) is 46.5 Å². The van der Waals surface area contributed by atoms with Crippen LogP contribution >= 0.6 is 0 Å². The molecule has 1 saturated heterocycles. The standard InChI is InChI=1S/C15H21N3O3/c1-11(12-2-6-16-7-3-12)17-10-14(19)18-8-4-13(5-9-18)15(20)21/h2-3,6-7,11,13,17H,4-5,8-10H2,1H3,(H,20,21)/t11-/m1/s1. The van der Waals surface area contributed by atoms with E-state index < -0.39 is 5.97 Å². The van der Waals surface area contributed by atoms with Gasteiger partial charge in [-0.05, 0) is 37.5 Å². The third-order valence-electron chi connectivity index (χ3n) is 3.96. The molecule has 1 aromatic heterocycles. The van der Waals surface area contributed by atoms with Crippen molar-refractivity contribution in [2.45, 2.75) is 25.8 Å². The van der Waals surface area contributed by atoms with E-state index in [0.717, 1.165) is 5.56 Å². The number of aromatic nitrogens is 1. The summed E-state index contributed by atoms with van der Waals surface area (Å²) in [6, 6.07) is 3.91. The van der Waals surface area contributed by atoms with E-state index in [4.69, 9.17) is 5.11 Å². The van der Waals surface area contributed by atoms with Crippen LogP contribution in [0.15, 0.2) is 24.5 Å². The van der Waals surface area contributed by atoms with E-state index in [1.807, 2.05) is 19.1 Å². The minimum atomic E-state index is -0.758. The SMILES string of the molecule is C[C@@H](NCC(=O)N1CCC(C(=O)O)CC1)c1ccncc1. The number of hydrogen-bond acceptors (Lipinski definition) is 4. The van der Waals surface area contributed by atoms with Gasteiger partial charge in [-0.3, -0.25) is 14.6 Å². The van der Waals surface area contributed by atoms with Crippen LogP contribution in [0.4, 0.5) is 0 Å². The van der Waals surface area contributed by atoms with Crippen molar-refractivity contribution in [3.8, 4) is 0 Å². The second-order valence-corrected chi connectivity index (χ2v) is 5.38. The van der Waals surface area contributed by atoms with Gasteiger partial charge in [0.1, 0.15) is 0 Å². The van der Waals surface area contributed by atoms with E-state index in [1.54, 1.807) is 17.3 Å². The Labute approximate surface area is 124 Å². The lowest BCUT2D eigenvalue weighted by atomic mass is 9.97. The van der Waals surface area contributed by atoms with Gasteiger partial charge in [-0.2, -0.15) is 0 Å². The molecule has 2 heterocycles. The number of pyridine rings is 1. The molecule has 1 aromatic rings. The van der Waals surface area contributed by atoms with Crippen LogP contribution < -0.4 is 5.32 Å². The molecule has 21 heavy (non-hydrogen) atoms. The number of piperidine rings is 1. The van der Waals surface area contributed by atoms with Crippen molar-refractivity contribution in [2.24, 2.45) is 5.92 Å². The highest BCUT2D eigenvalue weighted by Crippen LogP contribution is 2.17. The highest BCUT2D eigenvalue weighted by atomic mass is 16.4. The molecule has 6 heteroatoms. The van der Waals surface area contributed by atoms with Crippen LogP contribution in [0.5, 0.6) is 0 Å². The number of hydrogen-bond donors (Lipinski definition) is 2. The Morgan fingerprint density at radius 3 is 2.57 bits per heavy atom. The summed E-state index contributed by atoms with van der Waals surface area (Å²) in [4.78, 5) is 28.7. The Morgan fingerprint density at radius 1 is 1.38 bits per heavy atom. The number of aliphatic carboxylic acids is 1. The summed E-state index contributed by atoms with van der Waals surface area (Å²) in [5.74, 6) is -1.04. The second kappa shape index (κ2) is 7.17. The number of rotatable bonds is 5. The summed E-state index contributed by atoms with van der Waals surface area (Å²) in [5, 5.41) is 12.1. The molecule has 1 atom stereocenters. The van der Waals surface area contributed by atoms with Gasteiger partial charge in [0.15, 0.2) is 0 Å². The van der Waals surface area contributed by atoms with Gasteiger partial charge in [0.2, 0.25) is 5.91 Å². The highest BCUT2D eigenvalue weighted by Gasteiger charge is 2.26. The maximum absolute atomic E-state index is 12.1. The molecule has 1 fully saturated rings. The van der Waals surface area contributed by atoms with Gasteiger partial charge in [-0.25, -0.2) is 0 Å². The Balaban J connectivity index is 1.76. The average Bonchev–Trinajstić information content (AvgIpc) is 2.53. The molecule has 6 nitrogen and oxygen atoms in total. The number of amides is 1. The Bertz CT molecular complexity index is 484. The van der Waals surface area contributed by atoms with E-state index in [0.29, 0.717) is 25.9 Å². The molecule has 114 valence electrons. The van der Waals surface area contributed by atoms with Crippen molar-refractivity contribution in [1.29, 1.82) is 0 Å². The lowest BCUT2D eigenvalue weighted by Crippen LogP contribution is -2.44. The quantitative estimate of drug-likeness (QED) is 0.847. The van der Waals surface area contributed by atoms with Crippen LogP contribution in [0.3, 0.4) is 0 Å². The lowest BCUT2D eigenvalue weighted by Gasteiger charge is -2.30. The number of likely N-dealkylation sites (tertiary alicyclic amines) is 1. The van der Waals surface area contributed by atoms with Gasteiger partial charge in [0.05, 0.1) is 12.5 Å². The molecule has 1 amide bonds. The van der Waals surface area contributed by atoms with Crippen molar-refractivity contribution in [2.75, 3.05) is 19.6 Å². The van der Waals surface area contributed by atoms with Crippen molar-refractivity contribution >= 4 is 11.9 Å². The smallest absolute Gasteiger partial charge is 0.306 e. The van der Waals surface area contributed by atoms with Crippen LogP contribution in [0, 0.1) is 5.92 Å². The fourth-order valence-electron chi connectivity index (χ4n) is 2.50. The zero-order valence-corrected chi connectivity index (χ0v) is 12.2.